The van der Waals surface area contributed by atoms with Gasteiger partial charge in [-0.3, -0.25) is 4.98 Å². The van der Waals surface area contributed by atoms with Crippen molar-refractivity contribution in [2.45, 2.75) is 25.4 Å². The number of rotatable bonds is 4. The van der Waals surface area contributed by atoms with Crippen molar-refractivity contribution in [3.05, 3.63) is 45.8 Å². The van der Waals surface area contributed by atoms with Gasteiger partial charge in [0.05, 0.1) is 5.56 Å². The lowest BCUT2D eigenvalue weighted by Gasteiger charge is -2.21. The number of hydrogen-bond acceptors (Lipinski definition) is 5. The van der Waals surface area contributed by atoms with Crippen LogP contribution in [0.3, 0.4) is 0 Å². The summed E-state index contributed by atoms with van der Waals surface area (Å²) in [4.78, 5) is 19.0. The van der Waals surface area contributed by atoms with E-state index < -0.39 is 29.2 Å². The van der Waals surface area contributed by atoms with Crippen molar-refractivity contribution in [3.63, 3.8) is 0 Å². The van der Waals surface area contributed by atoms with Gasteiger partial charge in [0.15, 0.2) is 29.7 Å². The Labute approximate surface area is 162 Å². The van der Waals surface area contributed by atoms with E-state index in [4.69, 9.17) is 15.9 Å². The molecule has 1 saturated heterocycles. The zero-order chi connectivity index (χ0) is 20.5. The summed E-state index contributed by atoms with van der Waals surface area (Å²) >= 11 is 0. The fourth-order valence-corrected chi connectivity index (χ4v) is 3.28. The van der Waals surface area contributed by atoms with Crippen LogP contribution >= 0.6 is 0 Å². The third kappa shape index (κ3) is 3.45. The topological polar surface area (TPSA) is 81.5 Å². The molecule has 1 aliphatic heterocycles. The van der Waals surface area contributed by atoms with Crippen LogP contribution < -0.4 is 10.4 Å². The Morgan fingerprint density at radius 1 is 1.31 bits per heavy atom. The second-order valence-corrected chi connectivity index (χ2v) is 6.44. The van der Waals surface area contributed by atoms with Gasteiger partial charge >= 0.3 is 11.7 Å². The highest BCUT2D eigenvalue weighted by Crippen LogP contribution is 2.37. The lowest BCUT2D eigenvalue weighted by atomic mass is 9.98. The maximum atomic E-state index is 13.9. The Bertz CT molecular complexity index is 1150. The van der Waals surface area contributed by atoms with Gasteiger partial charge in [0.1, 0.15) is 11.8 Å². The van der Waals surface area contributed by atoms with E-state index >= 15 is 0 Å². The first kappa shape index (κ1) is 19.0. The van der Waals surface area contributed by atoms with Gasteiger partial charge in [0.25, 0.3) is 0 Å². The van der Waals surface area contributed by atoms with E-state index in [1.54, 1.807) is 0 Å². The second kappa shape index (κ2) is 7.60. The molecule has 0 bridgehead atoms. The molecular weight excluding hydrogens is 389 g/mol. The van der Waals surface area contributed by atoms with Crippen LogP contribution in [0.15, 0.2) is 16.9 Å². The number of terminal acetylenes is 1. The fourth-order valence-electron chi connectivity index (χ4n) is 3.28. The summed E-state index contributed by atoms with van der Waals surface area (Å²) in [6.45, 7) is 0.325. The largest absolute Gasteiger partial charge is 0.451 e. The molecule has 0 spiro atoms. The van der Waals surface area contributed by atoms with Gasteiger partial charge in [0.2, 0.25) is 0 Å². The minimum Gasteiger partial charge on any atom is -0.451 e. The van der Waals surface area contributed by atoms with Crippen molar-refractivity contribution in [1.82, 2.24) is 19.6 Å². The molecule has 4 rings (SSSR count). The summed E-state index contributed by atoms with van der Waals surface area (Å²) in [5, 5.41) is 4.27. The number of aromatic nitrogens is 4. The van der Waals surface area contributed by atoms with Gasteiger partial charge in [0, 0.05) is 6.61 Å². The predicted octanol–water partition coefficient (Wildman–Crippen LogP) is 2.76. The number of nitrogens with zero attached hydrogens (tertiary/aromatic N) is 3. The van der Waals surface area contributed by atoms with Gasteiger partial charge < -0.3 is 9.47 Å². The summed E-state index contributed by atoms with van der Waals surface area (Å²) in [5.41, 5.74) is -0.293. The van der Waals surface area contributed by atoms with E-state index in [2.05, 4.69) is 21.0 Å². The third-order valence-electron chi connectivity index (χ3n) is 4.55. The van der Waals surface area contributed by atoms with Crippen molar-refractivity contribution in [2.24, 2.45) is 0 Å². The predicted molar refractivity (Wildman–Crippen MR) is 95.8 cm³/mol. The molecule has 29 heavy (non-hydrogen) atoms. The molecule has 1 aromatic carbocycles. The van der Waals surface area contributed by atoms with Crippen LogP contribution in [0, 0.1) is 29.8 Å². The maximum Gasteiger partial charge on any atom is 0.352 e. The van der Waals surface area contributed by atoms with Gasteiger partial charge in [-0.2, -0.15) is 14.6 Å². The number of benzene rings is 1. The van der Waals surface area contributed by atoms with E-state index in [-0.39, 0.29) is 35.1 Å². The van der Waals surface area contributed by atoms with Crippen LogP contribution in [-0.4, -0.2) is 32.8 Å². The highest BCUT2D eigenvalue weighted by Gasteiger charge is 2.28. The van der Waals surface area contributed by atoms with Crippen molar-refractivity contribution in [3.8, 4) is 29.5 Å². The minimum absolute atomic E-state index is 0.0182. The molecule has 1 fully saturated rings. The van der Waals surface area contributed by atoms with Crippen LogP contribution in [0.1, 0.15) is 31.1 Å². The number of fused-ring (bicyclic) bond motifs is 1. The Kier molecular flexibility index (Phi) is 4.98. The monoisotopic (exact) mass is 404 g/mol. The van der Waals surface area contributed by atoms with Gasteiger partial charge in [-0.05, 0) is 37.0 Å². The summed E-state index contributed by atoms with van der Waals surface area (Å²) in [6, 6.07) is 1.47. The highest BCUT2D eigenvalue weighted by atomic mass is 19.2. The number of ether oxygens (including phenoxy) is 2. The Morgan fingerprint density at radius 2 is 2.07 bits per heavy atom. The van der Waals surface area contributed by atoms with E-state index in [9.17, 15) is 18.0 Å². The molecule has 1 atom stereocenters. The first-order chi connectivity index (χ1) is 14.0. The van der Waals surface area contributed by atoms with Gasteiger partial charge in [-0.25, -0.2) is 18.0 Å². The molecule has 3 aromatic rings. The van der Waals surface area contributed by atoms with Crippen molar-refractivity contribution >= 4 is 5.65 Å². The molecule has 1 N–H and O–H groups in total. The number of nitrogens with one attached hydrogen (secondary N) is 1. The van der Waals surface area contributed by atoms with Crippen LogP contribution in [0.4, 0.5) is 13.2 Å². The Hall–Kier alpha value is -3.32. The Morgan fingerprint density at radius 3 is 2.72 bits per heavy atom. The quantitative estimate of drug-likeness (QED) is 0.534. The number of aromatic amines is 1. The second-order valence-electron chi connectivity index (χ2n) is 6.44. The first-order valence-electron chi connectivity index (χ1n) is 8.85. The summed E-state index contributed by atoms with van der Waals surface area (Å²) in [5.74, 6) is -2.10. The zero-order valence-electron chi connectivity index (χ0n) is 15.0. The third-order valence-corrected chi connectivity index (χ3v) is 4.55. The molecule has 150 valence electrons. The average Bonchev–Trinajstić information content (AvgIpc) is 3.11. The smallest absolute Gasteiger partial charge is 0.352 e. The van der Waals surface area contributed by atoms with E-state index in [1.165, 1.54) is 0 Å². The molecule has 10 heteroatoms. The Balaban J connectivity index is 1.98. The maximum absolute atomic E-state index is 13.9. The van der Waals surface area contributed by atoms with E-state index in [0.29, 0.717) is 13.0 Å². The summed E-state index contributed by atoms with van der Waals surface area (Å²) in [7, 11) is 0. The number of halogens is 3. The van der Waals surface area contributed by atoms with Gasteiger partial charge in [-0.15, -0.1) is 6.42 Å². The number of H-pyrrole nitrogens is 1. The lowest BCUT2D eigenvalue weighted by molar-refractivity contribution is 0.0125. The molecule has 3 heterocycles. The van der Waals surface area contributed by atoms with Crippen LogP contribution in [0.25, 0.3) is 16.8 Å². The summed E-state index contributed by atoms with van der Waals surface area (Å²) in [6.07, 6.45) is 6.95. The summed E-state index contributed by atoms with van der Waals surface area (Å²) < 4.78 is 53.2. The molecule has 1 aliphatic rings. The normalized spacial score (nSPS) is 16.7. The lowest BCUT2D eigenvalue weighted by Crippen LogP contribution is -2.20. The number of hydrogen-bond donors (Lipinski definition) is 1. The minimum atomic E-state index is -1.59. The first-order valence-corrected chi connectivity index (χ1v) is 8.85. The van der Waals surface area contributed by atoms with Crippen molar-refractivity contribution in [1.29, 1.82) is 0 Å². The molecule has 0 saturated carbocycles. The molecule has 0 radical (unpaired) electrons. The highest BCUT2D eigenvalue weighted by molar-refractivity contribution is 5.80. The van der Waals surface area contributed by atoms with Crippen LogP contribution in [0.2, 0.25) is 0 Å². The van der Waals surface area contributed by atoms with Crippen LogP contribution in [0.5, 0.6) is 6.01 Å². The molecule has 2 aromatic heterocycles. The molecule has 7 nitrogen and oxygen atoms in total. The average molecular weight is 404 g/mol. The zero-order valence-corrected chi connectivity index (χ0v) is 15.0. The van der Waals surface area contributed by atoms with Gasteiger partial charge in [-0.1, -0.05) is 5.92 Å². The molecule has 0 amide bonds. The van der Waals surface area contributed by atoms with E-state index in [1.807, 2.05) is 0 Å². The van der Waals surface area contributed by atoms with Crippen molar-refractivity contribution in [2.75, 3.05) is 13.2 Å². The van der Waals surface area contributed by atoms with Crippen molar-refractivity contribution < 1.29 is 22.6 Å². The van der Waals surface area contributed by atoms with E-state index in [0.717, 1.165) is 29.5 Å². The SMILES string of the molecule is C#CCOc1nc2c(-c3cc(F)c(F)c(F)c3)c(C3CCCCO3)nn2c(=O)[nH]1. The molecular formula is C19H15F3N4O3. The fraction of sp³-hybridized carbons (Fsp3) is 0.316. The standard InChI is InChI=1S/C19H15F3N4O3/c1-2-6-29-18-23-17-14(10-8-11(20)15(22)12(21)9-10)16(13-5-3-4-7-28-13)25-26(17)19(27)24-18/h1,8-9,13H,3-7H2,(H,23,24,27). The molecule has 1 unspecified atom stereocenters. The molecule has 0 aliphatic carbocycles. The van der Waals surface area contributed by atoms with Crippen LogP contribution in [-0.2, 0) is 4.74 Å².